The number of nitrogens with zero attached hydrogens (tertiary/aromatic N) is 1. The number of halogens is 3. The van der Waals surface area contributed by atoms with Gasteiger partial charge >= 0.3 is 18.1 Å². The molecule has 1 atom stereocenters. The molecule has 244 valence electrons. The van der Waals surface area contributed by atoms with Crippen LogP contribution < -0.4 is 10.1 Å². The van der Waals surface area contributed by atoms with Crippen molar-refractivity contribution in [3.63, 3.8) is 0 Å². The average Bonchev–Trinajstić information content (AvgIpc) is 3.00. The third kappa shape index (κ3) is 10.2. The maximum atomic E-state index is 13.5. The number of hydrogen-bond donors (Lipinski definition) is 3. The zero-order valence-electron chi connectivity index (χ0n) is 24.7. The van der Waals surface area contributed by atoms with Crippen molar-refractivity contribution in [1.82, 2.24) is 10.2 Å². The number of piperidine rings is 1. The molecule has 2 aliphatic heterocycles. The van der Waals surface area contributed by atoms with Gasteiger partial charge in [0.05, 0.1) is 13.2 Å². The maximum Gasteiger partial charge on any atom is 0.490 e. The molecule has 2 heterocycles. The summed E-state index contributed by atoms with van der Waals surface area (Å²) in [5.41, 5.74) is 0.339. The predicted octanol–water partition coefficient (Wildman–Crippen LogP) is 4.72. The van der Waals surface area contributed by atoms with Crippen LogP contribution in [-0.2, 0) is 26.5 Å². The normalized spacial score (nSPS) is 17.0. The summed E-state index contributed by atoms with van der Waals surface area (Å²) >= 11 is 0. The van der Waals surface area contributed by atoms with Gasteiger partial charge in [0.2, 0.25) is 5.60 Å². The van der Waals surface area contributed by atoms with E-state index >= 15 is 0 Å². The summed E-state index contributed by atoms with van der Waals surface area (Å²) in [6, 6.07) is 26.7. The Balaban J connectivity index is 0.000000621. The van der Waals surface area contributed by atoms with E-state index in [-0.39, 0.29) is 19.4 Å². The molecule has 0 radical (unpaired) electrons. The van der Waals surface area contributed by atoms with Crippen LogP contribution in [-0.4, -0.2) is 72.6 Å². The molecule has 0 unspecified atom stereocenters. The fourth-order valence-electron chi connectivity index (χ4n) is 5.02. The van der Waals surface area contributed by atoms with Gasteiger partial charge in [-0.1, -0.05) is 72.8 Å². The lowest BCUT2D eigenvalue weighted by molar-refractivity contribution is -0.192. The standard InChI is InChI=1S/C31H36N2O4.C2HF3O2.H2S/c34-30(37-22-25-14-16-33(17-15-25)21-24-8-3-1-4-9-24)31(35,27-10-5-2-6-11-27)28-12-7-13-29(18-28)36-23-26-19-32-20-26;3-2(4,5)1(6)7;/h1-13,18,25-26,32,35H,14-17,19-23H2;(H,6,7);1H2/t31-;;/m0../s1. The largest absolute Gasteiger partial charge is 0.493 e. The third-order valence-electron chi connectivity index (χ3n) is 7.74. The number of aliphatic carboxylic acids is 1. The van der Waals surface area contributed by atoms with E-state index in [1.54, 1.807) is 24.3 Å². The number of hydrogen-bond acceptors (Lipinski definition) is 7. The van der Waals surface area contributed by atoms with Crippen molar-refractivity contribution < 1.29 is 42.4 Å². The van der Waals surface area contributed by atoms with E-state index in [1.807, 2.05) is 36.4 Å². The highest BCUT2D eigenvalue weighted by Gasteiger charge is 2.42. The number of aliphatic hydroxyl groups is 1. The lowest BCUT2D eigenvalue weighted by atomic mass is 9.86. The summed E-state index contributed by atoms with van der Waals surface area (Å²) in [6.07, 6.45) is -3.16. The fraction of sp³-hybridized carbons (Fsp3) is 0.394. The molecular weight excluding hydrogens is 609 g/mol. The van der Waals surface area contributed by atoms with Crippen LogP contribution in [0.25, 0.3) is 0 Å². The second-order valence-electron chi connectivity index (χ2n) is 11.0. The number of esters is 1. The summed E-state index contributed by atoms with van der Waals surface area (Å²) in [7, 11) is 0. The summed E-state index contributed by atoms with van der Waals surface area (Å²) in [4.78, 5) is 24.9. The van der Waals surface area contributed by atoms with E-state index in [4.69, 9.17) is 19.4 Å². The van der Waals surface area contributed by atoms with Crippen molar-refractivity contribution >= 4 is 25.4 Å². The number of carbonyl (C=O) groups is 2. The molecule has 2 fully saturated rings. The van der Waals surface area contributed by atoms with Gasteiger partial charge in [-0.05, 0) is 55.1 Å². The van der Waals surface area contributed by atoms with Gasteiger partial charge in [0, 0.05) is 31.1 Å². The lowest BCUT2D eigenvalue weighted by Gasteiger charge is -2.33. The first-order chi connectivity index (χ1) is 21.1. The van der Waals surface area contributed by atoms with Crippen LogP contribution in [0.1, 0.15) is 29.5 Å². The minimum atomic E-state index is -5.08. The number of carboxylic acid groups (broad SMARTS) is 1. The van der Waals surface area contributed by atoms with Crippen LogP contribution in [0.15, 0.2) is 84.9 Å². The molecule has 45 heavy (non-hydrogen) atoms. The van der Waals surface area contributed by atoms with Gasteiger partial charge in [-0.25, -0.2) is 9.59 Å². The van der Waals surface area contributed by atoms with Gasteiger partial charge in [-0.2, -0.15) is 26.7 Å². The number of likely N-dealkylation sites (tertiary alicyclic amines) is 1. The Hall–Kier alpha value is -3.58. The van der Waals surface area contributed by atoms with Crippen molar-refractivity contribution in [1.29, 1.82) is 0 Å². The monoisotopic (exact) mass is 648 g/mol. The van der Waals surface area contributed by atoms with E-state index < -0.39 is 23.7 Å². The molecule has 3 N–H and O–H groups in total. The van der Waals surface area contributed by atoms with Crippen molar-refractivity contribution in [2.45, 2.75) is 31.2 Å². The van der Waals surface area contributed by atoms with E-state index in [2.05, 4.69) is 34.5 Å². The first-order valence-electron chi connectivity index (χ1n) is 14.5. The molecule has 0 aromatic heterocycles. The predicted molar refractivity (Wildman–Crippen MR) is 167 cm³/mol. The number of ether oxygens (including phenoxy) is 2. The number of alkyl halides is 3. The summed E-state index contributed by atoms with van der Waals surface area (Å²) < 4.78 is 43.5. The Labute approximate surface area is 267 Å². The SMILES string of the molecule is O=C(O)C(F)(F)F.O=C(OCC1CCN(Cc2ccccc2)CC1)[C@](O)(c1ccccc1)c1cccc(OCC2CNC2)c1.S. The number of carboxylic acids is 1. The van der Waals surface area contributed by atoms with Crippen LogP contribution in [0.5, 0.6) is 5.75 Å². The average molecular weight is 649 g/mol. The number of carbonyl (C=O) groups excluding carboxylic acids is 1. The lowest BCUT2D eigenvalue weighted by Crippen LogP contribution is -2.45. The van der Waals surface area contributed by atoms with Gasteiger partial charge in [-0.3, -0.25) is 4.90 Å². The van der Waals surface area contributed by atoms with E-state index in [0.717, 1.165) is 45.6 Å². The second kappa shape index (κ2) is 16.6. The number of benzene rings is 3. The zero-order valence-corrected chi connectivity index (χ0v) is 25.7. The van der Waals surface area contributed by atoms with E-state index in [9.17, 15) is 23.1 Å². The number of rotatable bonds is 10. The molecule has 8 nitrogen and oxygen atoms in total. The van der Waals surface area contributed by atoms with Gasteiger partial charge in [0.1, 0.15) is 5.75 Å². The minimum absolute atomic E-state index is 0. The van der Waals surface area contributed by atoms with E-state index in [1.165, 1.54) is 5.56 Å². The zero-order chi connectivity index (χ0) is 31.6. The van der Waals surface area contributed by atoms with Gasteiger partial charge in [-0.15, -0.1) is 0 Å². The molecular formula is C33H39F3N2O6S. The van der Waals surface area contributed by atoms with Gasteiger partial charge in [0.25, 0.3) is 0 Å². The molecule has 0 amide bonds. The van der Waals surface area contributed by atoms with Crippen LogP contribution >= 0.6 is 13.5 Å². The summed E-state index contributed by atoms with van der Waals surface area (Å²) in [6.45, 7) is 5.69. The van der Waals surface area contributed by atoms with Crippen molar-refractivity contribution in [3.05, 3.63) is 102 Å². The molecule has 0 aliphatic carbocycles. The minimum Gasteiger partial charge on any atom is -0.493 e. The van der Waals surface area contributed by atoms with Crippen LogP contribution in [0.3, 0.4) is 0 Å². The summed E-state index contributed by atoms with van der Waals surface area (Å²) in [5.74, 6) is -2.00. The highest BCUT2D eigenvalue weighted by molar-refractivity contribution is 7.59. The Morgan fingerprint density at radius 3 is 1.98 bits per heavy atom. The van der Waals surface area contributed by atoms with E-state index in [0.29, 0.717) is 36.0 Å². The number of nitrogens with one attached hydrogen (secondary N) is 1. The fourth-order valence-corrected chi connectivity index (χ4v) is 5.02. The highest BCUT2D eigenvalue weighted by Crippen LogP contribution is 2.34. The maximum absolute atomic E-state index is 13.5. The Morgan fingerprint density at radius 1 is 0.844 bits per heavy atom. The molecule has 12 heteroatoms. The van der Waals surface area contributed by atoms with Crippen LogP contribution in [0.4, 0.5) is 13.2 Å². The molecule has 0 bridgehead atoms. The first-order valence-corrected chi connectivity index (χ1v) is 14.5. The van der Waals surface area contributed by atoms with Gasteiger partial charge in [0.15, 0.2) is 0 Å². The Kier molecular flexibility index (Phi) is 13.3. The molecule has 3 aromatic carbocycles. The topological polar surface area (TPSA) is 108 Å². The third-order valence-corrected chi connectivity index (χ3v) is 7.74. The molecule has 2 aliphatic rings. The molecule has 0 saturated carbocycles. The Bertz CT molecular complexity index is 1350. The van der Waals surface area contributed by atoms with Crippen molar-refractivity contribution in [2.75, 3.05) is 39.4 Å². The molecule has 3 aromatic rings. The van der Waals surface area contributed by atoms with Crippen LogP contribution in [0.2, 0.25) is 0 Å². The summed E-state index contributed by atoms with van der Waals surface area (Å²) in [5, 5.41) is 22.2. The second-order valence-corrected chi connectivity index (χ2v) is 11.0. The molecule has 0 spiro atoms. The quantitative estimate of drug-likeness (QED) is 0.271. The van der Waals surface area contributed by atoms with Gasteiger partial charge < -0.3 is 25.0 Å². The van der Waals surface area contributed by atoms with Crippen LogP contribution in [0, 0.1) is 11.8 Å². The molecule has 5 rings (SSSR count). The Morgan fingerprint density at radius 2 is 1.42 bits per heavy atom. The van der Waals surface area contributed by atoms with Crippen molar-refractivity contribution in [2.24, 2.45) is 11.8 Å². The highest BCUT2D eigenvalue weighted by atomic mass is 32.1. The molecule has 2 saturated heterocycles. The first kappa shape index (κ1) is 35.9. The van der Waals surface area contributed by atoms with Crippen molar-refractivity contribution in [3.8, 4) is 5.75 Å². The smallest absolute Gasteiger partial charge is 0.490 e.